The van der Waals surface area contributed by atoms with E-state index in [1.165, 1.54) is 12.1 Å². The third-order valence-electron chi connectivity index (χ3n) is 3.27. The molecule has 98 valence electrons. The minimum Gasteiger partial charge on any atom is -0.369 e. The molecule has 1 unspecified atom stereocenters. The van der Waals surface area contributed by atoms with Gasteiger partial charge < -0.3 is 10.6 Å². The summed E-state index contributed by atoms with van der Waals surface area (Å²) in [6.45, 7) is 7.13. The number of nitrogens with two attached hydrogens (primary N) is 1. The highest BCUT2D eigenvalue weighted by Crippen LogP contribution is 2.33. The predicted octanol–water partition coefficient (Wildman–Crippen LogP) is 2.77. The van der Waals surface area contributed by atoms with E-state index >= 15 is 0 Å². The Morgan fingerprint density at radius 1 is 1.50 bits per heavy atom. The van der Waals surface area contributed by atoms with E-state index in [1.54, 1.807) is 6.07 Å². The monoisotopic (exact) mass is 249 g/mol. The van der Waals surface area contributed by atoms with Gasteiger partial charge in [-0.15, -0.1) is 0 Å². The van der Waals surface area contributed by atoms with Crippen molar-refractivity contribution < 1.29 is 4.39 Å². The molecule has 3 nitrogen and oxygen atoms in total. The number of hydrogen-bond donors (Lipinski definition) is 1. The summed E-state index contributed by atoms with van der Waals surface area (Å²) in [6.07, 6.45) is 0.966. The molecule has 2 N–H and O–H groups in total. The molecule has 0 saturated heterocycles. The van der Waals surface area contributed by atoms with E-state index in [0.717, 1.165) is 12.1 Å². The molecule has 1 atom stereocenters. The van der Waals surface area contributed by atoms with E-state index in [0.29, 0.717) is 18.4 Å². The van der Waals surface area contributed by atoms with E-state index in [4.69, 9.17) is 5.73 Å². The number of nitrogens with zero attached hydrogens (tertiary/aromatic N) is 2. The maximum absolute atomic E-state index is 13.4. The first-order valence-corrected chi connectivity index (χ1v) is 6.28. The molecule has 1 heterocycles. The van der Waals surface area contributed by atoms with Gasteiger partial charge in [-0.05, 0) is 37.5 Å². The summed E-state index contributed by atoms with van der Waals surface area (Å²) in [7, 11) is 0. The Kier molecular flexibility index (Phi) is 3.28. The summed E-state index contributed by atoms with van der Waals surface area (Å²) in [5.74, 6) is 0.759. The number of anilines is 1. The maximum atomic E-state index is 13.4. The van der Waals surface area contributed by atoms with Gasteiger partial charge in [-0.1, -0.05) is 19.9 Å². The first kappa shape index (κ1) is 12.9. The molecule has 1 aromatic carbocycles. The highest BCUT2D eigenvalue weighted by Gasteiger charge is 2.39. The van der Waals surface area contributed by atoms with Crippen molar-refractivity contribution in [1.29, 1.82) is 0 Å². The lowest BCUT2D eigenvalue weighted by molar-refractivity contribution is 0.392. The van der Waals surface area contributed by atoms with Crippen LogP contribution in [0.15, 0.2) is 29.3 Å². The molecule has 0 bridgehead atoms. The van der Waals surface area contributed by atoms with E-state index < -0.39 is 0 Å². The van der Waals surface area contributed by atoms with E-state index in [1.807, 2.05) is 11.0 Å². The summed E-state index contributed by atoms with van der Waals surface area (Å²) >= 11 is 0. The van der Waals surface area contributed by atoms with Crippen molar-refractivity contribution in [2.45, 2.75) is 32.7 Å². The van der Waals surface area contributed by atoms with Gasteiger partial charge in [0.05, 0.1) is 12.1 Å². The zero-order valence-corrected chi connectivity index (χ0v) is 11.2. The summed E-state index contributed by atoms with van der Waals surface area (Å²) in [5, 5.41) is 0. The fourth-order valence-electron chi connectivity index (χ4n) is 2.76. The van der Waals surface area contributed by atoms with Gasteiger partial charge in [-0.2, -0.15) is 0 Å². The third kappa shape index (κ3) is 2.33. The Balaban J connectivity index is 2.36. The van der Waals surface area contributed by atoms with Gasteiger partial charge in [-0.3, -0.25) is 4.99 Å². The molecule has 0 saturated carbocycles. The minimum atomic E-state index is -0.251. The highest BCUT2D eigenvalue weighted by atomic mass is 19.1. The van der Waals surface area contributed by atoms with Crippen molar-refractivity contribution >= 4 is 11.6 Å². The average Bonchev–Trinajstić information content (AvgIpc) is 2.53. The zero-order chi connectivity index (χ0) is 13.3. The van der Waals surface area contributed by atoms with Crippen LogP contribution in [0, 0.1) is 11.7 Å². The van der Waals surface area contributed by atoms with Gasteiger partial charge in [0.15, 0.2) is 5.96 Å². The van der Waals surface area contributed by atoms with Crippen LogP contribution in [0.5, 0.6) is 0 Å². The minimum absolute atomic E-state index is 0.161. The number of benzene rings is 1. The second kappa shape index (κ2) is 4.59. The summed E-state index contributed by atoms with van der Waals surface area (Å²) in [5.41, 5.74) is 6.58. The van der Waals surface area contributed by atoms with Crippen LogP contribution in [0.4, 0.5) is 10.1 Å². The second-order valence-electron chi connectivity index (χ2n) is 5.58. The molecular weight excluding hydrogens is 229 g/mol. The Morgan fingerprint density at radius 3 is 2.83 bits per heavy atom. The molecule has 0 spiro atoms. The second-order valence-corrected chi connectivity index (χ2v) is 5.58. The first-order valence-electron chi connectivity index (χ1n) is 6.28. The summed E-state index contributed by atoms with van der Waals surface area (Å²) < 4.78 is 13.4. The Morgan fingerprint density at radius 2 is 2.22 bits per heavy atom. The highest BCUT2D eigenvalue weighted by molar-refractivity contribution is 5.98. The van der Waals surface area contributed by atoms with Crippen molar-refractivity contribution in [1.82, 2.24) is 0 Å². The van der Waals surface area contributed by atoms with Crippen LogP contribution in [0.1, 0.15) is 27.2 Å². The molecule has 0 aliphatic carbocycles. The molecule has 0 aromatic heterocycles. The third-order valence-corrected chi connectivity index (χ3v) is 3.27. The predicted molar refractivity (Wildman–Crippen MR) is 73.2 cm³/mol. The topological polar surface area (TPSA) is 41.6 Å². The molecule has 4 heteroatoms. The van der Waals surface area contributed by atoms with Crippen LogP contribution in [0.2, 0.25) is 0 Å². The molecule has 0 radical (unpaired) electrons. The first-order chi connectivity index (χ1) is 8.42. The lowest BCUT2D eigenvalue weighted by Gasteiger charge is -2.37. The molecular formula is C14H20FN3. The smallest absolute Gasteiger partial charge is 0.196 e. The Hall–Kier alpha value is -1.58. The zero-order valence-electron chi connectivity index (χ0n) is 11.2. The molecule has 0 amide bonds. The van der Waals surface area contributed by atoms with Gasteiger partial charge in [0.2, 0.25) is 0 Å². The van der Waals surface area contributed by atoms with Gasteiger partial charge in [-0.25, -0.2) is 4.39 Å². The number of guanidine groups is 1. The lowest BCUT2D eigenvalue weighted by Crippen LogP contribution is -2.50. The molecule has 0 fully saturated rings. The van der Waals surface area contributed by atoms with Crippen molar-refractivity contribution in [3.05, 3.63) is 30.1 Å². The number of hydrogen-bond acceptors (Lipinski definition) is 3. The SMILES string of the molecule is CC(C)CC1(C)CN=C(N)N1c1cccc(F)c1. The molecule has 1 aromatic rings. The van der Waals surface area contributed by atoms with Crippen molar-refractivity contribution in [3.8, 4) is 0 Å². The van der Waals surface area contributed by atoms with Gasteiger partial charge >= 0.3 is 0 Å². The van der Waals surface area contributed by atoms with Gasteiger partial charge in [0, 0.05) is 5.69 Å². The van der Waals surface area contributed by atoms with Gasteiger partial charge in [0.25, 0.3) is 0 Å². The van der Waals surface area contributed by atoms with Crippen LogP contribution in [0.3, 0.4) is 0 Å². The fraction of sp³-hybridized carbons (Fsp3) is 0.500. The van der Waals surface area contributed by atoms with Crippen LogP contribution in [-0.2, 0) is 0 Å². The fourth-order valence-corrected chi connectivity index (χ4v) is 2.76. The maximum Gasteiger partial charge on any atom is 0.196 e. The molecule has 18 heavy (non-hydrogen) atoms. The van der Waals surface area contributed by atoms with Crippen LogP contribution < -0.4 is 10.6 Å². The van der Waals surface area contributed by atoms with E-state index in [-0.39, 0.29) is 11.4 Å². The summed E-state index contributed by atoms with van der Waals surface area (Å²) in [4.78, 5) is 6.28. The summed E-state index contributed by atoms with van der Waals surface area (Å²) in [6, 6.07) is 6.51. The van der Waals surface area contributed by atoms with Crippen molar-refractivity contribution in [2.24, 2.45) is 16.6 Å². The number of rotatable bonds is 3. The van der Waals surface area contributed by atoms with E-state index in [9.17, 15) is 4.39 Å². The largest absolute Gasteiger partial charge is 0.369 e. The van der Waals surface area contributed by atoms with Crippen molar-refractivity contribution in [3.63, 3.8) is 0 Å². The number of halogens is 1. The Labute approximate surface area is 108 Å². The molecule has 1 aliphatic heterocycles. The normalized spacial score (nSPS) is 23.6. The van der Waals surface area contributed by atoms with E-state index in [2.05, 4.69) is 25.8 Å². The van der Waals surface area contributed by atoms with Crippen LogP contribution in [0.25, 0.3) is 0 Å². The van der Waals surface area contributed by atoms with Gasteiger partial charge in [0.1, 0.15) is 5.82 Å². The van der Waals surface area contributed by atoms with Crippen LogP contribution >= 0.6 is 0 Å². The molecule has 1 aliphatic rings. The average molecular weight is 249 g/mol. The van der Waals surface area contributed by atoms with Crippen LogP contribution in [-0.4, -0.2) is 18.0 Å². The number of aliphatic imine (C=N–C) groups is 1. The lowest BCUT2D eigenvalue weighted by atomic mass is 9.89. The molecule has 2 rings (SSSR count). The Bertz CT molecular complexity index is 470. The van der Waals surface area contributed by atoms with Crippen molar-refractivity contribution in [2.75, 3.05) is 11.4 Å². The quantitative estimate of drug-likeness (QED) is 0.895. The standard InChI is InChI=1S/C14H20FN3/c1-10(2)8-14(3)9-17-13(16)18(14)12-6-4-5-11(15)7-12/h4-7,10H,8-9H2,1-3H3,(H2,16,17).